The largest absolute Gasteiger partial charge is 0.496 e. The van der Waals surface area contributed by atoms with Crippen molar-refractivity contribution in [3.8, 4) is 0 Å². The van der Waals surface area contributed by atoms with Gasteiger partial charge in [-0.2, -0.15) is 0 Å². The van der Waals surface area contributed by atoms with Crippen LogP contribution in [-0.2, 0) is 14.1 Å². The van der Waals surface area contributed by atoms with Crippen molar-refractivity contribution in [1.82, 2.24) is 9.88 Å². The van der Waals surface area contributed by atoms with Gasteiger partial charge in [0.25, 0.3) is 0 Å². The molecule has 1 N–H and O–H groups in total. The summed E-state index contributed by atoms with van der Waals surface area (Å²) in [6, 6.07) is 1.84. The molecule has 1 aromatic heterocycles. The molecule has 1 amide bonds. The Morgan fingerprint density at radius 2 is 1.82 bits per heavy atom. The second kappa shape index (κ2) is 5.99. The first-order valence-corrected chi connectivity index (χ1v) is 7.36. The summed E-state index contributed by atoms with van der Waals surface area (Å²) >= 11 is 0. The van der Waals surface area contributed by atoms with Gasteiger partial charge in [-0.3, -0.25) is 9.78 Å². The number of hydrogen-bond donors (Lipinski definition) is 1. The molecule has 1 aliphatic heterocycles. The summed E-state index contributed by atoms with van der Waals surface area (Å²) in [7, 11) is 3.21. The molecule has 0 atom stereocenters. The minimum Gasteiger partial charge on any atom is -0.399 e. The van der Waals surface area contributed by atoms with Gasteiger partial charge < -0.3 is 19.5 Å². The highest BCUT2D eigenvalue weighted by molar-refractivity contribution is 6.62. The third-order valence-corrected chi connectivity index (χ3v) is 4.03. The molecule has 6 nitrogen and oxygen atoms in total. The normalized spacial score (nSPS) is 19.5. The summed E-state index contributed by atoms with van der Waals surface area (Å²) in [5.74, 6) is -0.0853. The van der Waals surface area contributed by atoms with E-state index in [9.17, 15) is 4.79 Å². The second-order valence-corrected chi connectivity index (χ2v) is 6.88. The van der Waals surface area contributed by atoms with Gasteiger partial charge in [-0.25, -0.2) is 0 Å². The molecule has 0 aromatic carbocycles. The molecule has 0 unspecified atom stereocenters. The Morgan fingerprint density at radius 1 is 1.23 bits per heavy atom. The highest BCUT2D eigenvalue weighted by atomic mass is 16.7. The number of nitrogens with one attached hydrogen (secondary N) is 1. The van der Waals surface area contributed by atoms with Gasteiger partial charge in [0.1, 0.15) is 0 Å². The second-order valence-electron chi connectivity index (χ2n) is 6.88. The molecule has 2 heterocycles. The average molecular weight is 305 g/mol. The number of anilines is 1. The summed E-state index contributed by atoms with van der Waals surface area (Å²) in [5.41, 5.74) is 0.629. The van der Waals surface area contributed by atoms with E-state index in [-0.39, 0.29) is 5.91 Å². The van der Waals surface area contributed by atoms with E-state index in [4.69, 9.17) is 9.31 Å². The third-order valence-electron chi connectivity index (χ3n) is 4.03. The lowest BCUT2D eigenvalue weighted by molar-refractivity contribution is -0.116. The smallest absolute Gasteiger partial charge is 0.399 e. The molecule has 1 aliphatic rings. The fourth-order valence-corrected chi connectivity index (χ4v) is 2.12. The van der Waals surface area contributed by atoms with Crippen LogP contribution in [0.5, 0.6) is 0 Å². The van der Waals surface area contributed by atoms with Gasteiger partial charge >= 0.3 is 7.12 Å². The van der Waals surface area contributed by atoms with Gasteiger partial charge in [0, 0.05) is 11.7 Å². The number of carbonyl (C=O) groups is 1. The lowest BCUT2D eigenvalue weighted by Crippen LogP contribution is -2.41. The Morgan fingerprint density at radius 3 is 2.36 bits per heavy atom. The maximum atomic E-state index is 11.8. The monoisotopic (exact) mass is 305 g/mol. The number of amides is 1. The van der Waals surface area contributed by atoms with Crippen molar-refractivity contribution in [2.45, 2.75) is 38.9 Å². The van der Waals surface area contributed by atoms with Gasteiger partial charge in [0.15, 0.2) is 0 Å². The number of rotatable bonds is 4. The lowest BCUT2D eigenvalue weighted by atomic mass is 9.80. The highest BCUT2D eigenvalue weighted by Crippen LogP contribution is 2.36. The van der Waals surface area contributed by atoms with E-state index in [2.05, 4.69) is 10.3 Å². The Kier molecular flexibility index (Phi) is 4.61. The Labute approximate surface area is 132 Å². The summed E-state index contributed by atoms with van der Waals surface area (Å²) in [6.45, 7) is 8.33. The van der Waals surface area contributed by atoms with Crippen molar-refractivity contribution in [3.63, 3.8) is 0 Å². The van der Waals surface area contributed by atoms with Crippen molar-refractivity contribution < 1.29 is 14.1 Å². The van der Waals surface area contributed by atoms with Crippen LogP contribution in [0.3, 0.4) is 0 Å². The summed E-state index contributed by atoms with van der Waals surface area (Å²) < 4.78 is 12.0. The van der Waals surface area contributed by atoms with Gasteiger partial charge in [-0.1, -0.05) is 0 Å². The topological polar surface area (TPSA) is 63.7 Å². The van der Waals surface area contributed by atoms with E-state index in [1.807, 2.05) is 47.9 Å². The fourth-order valence-electron chi connectivity index (χ4n) is 2.12. The Balaban J connectivity index is 2.11. The first kappa shape index (κ1) is 16.9. The Bertz CT molecular complexity index is 545. The van der Waals surface area contributed by atoms with Crippen LogP contribution >= 0.6 is 0 Å². The van der Waals surface area contributed by atoms with Crippen molar-refractivity contribution >= 4 is 24.2 Å². The van der Waals surface area contributed by atoms with E-state index < -0.39 is 18.3 Å². The van der Waals surface area contributed by atoms with Gasteiger partial charge in [-0.15, -0.1) is 0 Å². The van der Waals surface area contributed by atoms with Crippen LogP contribution in [0.4, 0.5) is 5.69 Å². The molecule has 1 saturated heterocycles. The molecule has 0 aliphatic carbocycles. The van der Waals surface area contributed by atoms with Gasteiger partial charge in [0.2, 0.25) is 5.91 Å². The molecular formula is C15H24BN3O3. The van der Waals surface area contributed by atoms with Crippen molar-refractivity contribution in [2.24, 2.45) is 0 Å². The number of likely N-dealkylation sites (N-methyl/N-ethyl adjacent to an activating group) is 1. The standard InChI is InChI=1S/C15H24BN3O3/c1-14(2)15(3,4)22-16(21-14)11-7-12(9-17-8-11)18-13(20)10-19(5)6/h7-9H,10H2,1-6H3,(H,18,20). The van der Waals surface area contributed by atoms with Crippen LogP contribution in [0, 0.1) is 0 Å². The van der Waals surface area contributed by atoms with Crippen LogP contribution in [0.1, 0.15) is 27.7 Å². The Hall–Kier alpha value is -1.44. The molecule has 120 valence electrons. The van der Waals surface area contributed by atoms with Crippen LogP contribution < -0.4 is 10.8 Å². The molecule has 2 rings (SSSR count). The molecule has 0 bridgehead atoms. The van der Waals surface area contributed by atoms with Crippen molar-refractivity contribution in [2.75, 3.05) is 26.0 Å². The van der Waals surface area contributed by atoms with Crippen LogP contribution in [0.25, 0.3) is 0 Å². The molecule has 22 heavy (non-hydrogen) atoms. The molecule has 0 saturated carbocycles. The maximum Gasteiger partial charge on any atom is 0.496 e. The number of carbonyl (C=O) groups excluding carboxylic acids is 1. The number of aromatic nitrogens is 1. The average Bonchev–Trinajstić information content (AvgIpc) is 2.57. The SMILES string of the molecule is CN(C)CC(=O)Nc1cncc(B2OC(C)(C)C(C)(C)O2)c1. The zero-order valence-corrected chi connectivity index (χ0v) is 14.1. The molecular weight excluding hydrogens is 281 g/mol. The van der Waals surface area contributed by atoms with Crippen LogP contribution in [0.2, 0.25) is 0 Å². The molecule has 0 spiro atoms. The van der Waals surface area contributed by atoms with Crippen molar-refractivity contribution in [1.29, 1.82) is 0 Å². The maximum absolute atomic E-state index is 11.8. The molecule has 1 fully saturated rings. The number of pyridine rings is 1. The zero-order valence-electron chi connectivity index (χ0n) is 14.1. The van der Waals surface area contributed by atoms with E-state index >= 15 is 0 Å². The van der Waals surface area contributed by atoms with Gasteiger partial charge in [-0.05, 0) is 47.9 Å². The lowest BCUT2D eigenvalue weighted by Gasteiger charge is -2.32. The van der Waals surface area contributed by atoms with Crippen molar-refractivity contribution in [3.05, 3.63) is 18.5 Å². The summed E-state index contributed by atoms with van der Waals surface area (Å²) in [4.78, 5) is 17.8. The number of nitrogens with zero attached hydrogens (tertiary/aromatic N) is 2. The minimum absolute atomic E-state index is 0.0853. The highest BCUT2D eigenvalue weighted by Gasteiger charge is 2.51. The first-order chi connectivity index (χ1) is 10.1. The fraction of sp³-hybridized carbons (Fsp3) is 0.600. The zero-order chi connectivity index (χ0) is 16.5. The summed E-state index contributed by atoms with van der Waals surface area (Å²) in [5, 5.41) is 2.82. The van der Waals surface area contributed by atoms with Gasteiger partial charge in [0.05, 0.1) is 29.6 Å². The van der Waals surface area contributed by atoms with Crippen LogP contribution in [0.15, 0.2) is 18.5 Å². The quantitative estimate of drug-likeness (QED) is 0.837. The summed E-state index contributed by atoms with van der Waals surface area (Å²) in [6.07, 6.45) is 3.31. The predicted octanol–water partition coefficient (Wildman–Crippen LogP) is 0.881. The molecule has 1 aromatic rings. The third kappa shape index (κ3) is 3.66. The number of hydrogen-bond acceptors (Lipinski definition) is 5. The van der Waals surface area contributed by atoms with E-state index in [0.717, 1.165) is 5.46 Å². The van der Waals surface area contributed by atoms with E-state index in [0.29, 0.717) is 12.2 Å². The van der Waals surface area contributed by atoms with E-state index in [1.165, 1.54) is 0 Å². The predicted molar refractivity (Wildman–Crippen MR) is 87.1 cm³/mol. The molecule has 0 radical (unpaired) electrons. The van der Waals surface area contributed by atoms with Crippen LogP contribution in [-0.4, -0.2) is 54.8 Å². The molecule has 7 heteroatoms. The first-order valence-electron chi connectivity index (χ1n) is 7.36. The van der Waals surface area contributed by atoms with E-state index in [1.54, 1.807) is 17.3 Å². The minimum atomic E-state index is -0.483.